The quantitative estimate of drug-likeness (QED) is 0.897. The van der Waals surface area contributed by atoms with E-state index in [1.807, 2.05) is 4.90 Å². The van der Waals surface area contributed by atoms with E-state index >= 15 is 0 Å². The van der Waals surface area contributed by atoms with Crippen molar-refractivity contribution in [2.24, 2.45) is 0 Å². The van der Waals surface area contributed by atoms with Gasteiger partial charge in [-0.05, 0) is 27.2 Å². The molecule has 1 fully saturated rings. The average Bonchev–Trinajstić information content (AvgIpc) is 2.57. The number of nitrogens with one attached hydrogen (secondary N) is 1. The molecular weight excluding hydrogens is 288 g/mol. The van der Waals surface area contributed by atoms with Crippen LogP contribution in [0.5, 0.6) is 0 Å². The van der Waals surface area contributed by atoms with Crippen molar-refractivity contribution in [3.05, 3.63) is 18.0 Å². The molecule has 1 N–H and O–H groups in total. The first-order valence-corrected chi connectivity index (χ1v) is 9.09. The molecule has 0 atom stereocenters. The van der Waals surface area contributed by atoms with Crippen molar-refractivity contribution in [2.75, 3.05) is 29.5 Å². The molecule has 2 rings (SSSR count). The van der Waals surface area contributed by atoms with E-state index in [-0.39, 0.29) is 17.0 Å². The Labute approximate surface area is 126 Å². The van der Waals surface area contributed by atoms with Crippen LogP contribution in [0.25, 0.3) is 0 Å². The van der Waals surface area contributed by atoms with Crippen LogP contribution in [0.1, 0.15) is 32.8 Å². The summed E-state index contributed by atoms with van der Waals surface area (Å²) in [5.74, 6) is 1.06. The standard InChI is InChI=1S/C14H24N4O2S/c1-14(2,3)17-11-12-9-15-13(16-10-12)18-5-4-7-21(19,20)8-6-18/h9-10,17H,4-8,11H2,1-3H3. The maximum Gasteiger partial charge on any atom is 0.225 e. The van der Waals surface area contributed by atoms with Gasteiger partial charge in [-0.15, -0.1) is 0 Å². The predicted molar refractivity (Wildman–Crippen MR) is 84.1 cm³/mol. The van der Waals surface area contributed by atoms with Crippen LogP contribution in [0.4, 0.5) is 5.95 Å². The Hall–Kier alpha value is -1.21. The van der Waals surface area contributed by atoms with E-state index in [1.54, 1.807) is 12.4 Å². The van der Waals surface area contributed by atoms with E-state index in [1.165, 1.54) is 0 Å². The topological polar surface area (TPSA) is 75.2 Å². The van der Waals surface area contributed by atoms with Gasteiger partial charge in [0.2, 0.25) is 5.95 Å². The smallest absolute Gasteiger partial charge is 0.225 e. The molecule has 0 amide bonds. The lowest BCUT2D eigenvalue weighted by atomic mass is 10.1. The maximum atomic E-state index is 11.6. The molecule has 21 heavy (non-hydrogen) atoms. The normalized spacial score (nSPS) is 19.3. The lowest BCUT2D eigenvalue weighted by molar-refractivity contribution is 0.423. The third-order valence-electron chi connectivity index (χ3n) is 3.35. The number of sulfone groups is 1. The summed E-state index contributed by atoms with van der Waals surface area (Å²) in [6.45, 7) is 8.22. The molecule has 6 nitrogen and oxygen atoms in total. The van der Waals surface area contributed by atoms with Crippen molar-refractivity contribution >= 4 is 15.8 Å². The second-order valence-electron chi connectivity index (χ2n) is 6.49. The minimum Gasteiger partial charge on any atom is -0.340 e. The molecule has 1 saturated heterocycles. The highest BCUT2D eigenvalue weighted by molar-refractivity contribution is 7.91. The number of aromatic nitrogens is 2. The fourth-order valence-electron chi connectivity index (χ4n) is 2.11. The zero-order chi connectivity index (χ0) is 15.5. The Balaban J connectivity index is 1.98. The number of hydrogen-bond acceptors (Lipinski definition) is 6. The van der Waals surface area contributed by atoms with Gasteiger partial charge in [0, 0.05) is 43.1 Å². The van der Waals surface area contributed by atoms with Crippen molar-refractivity contribution < 1.29 is 8.42 Å². The molecule has 0 bridgehead atoms. The molecule has 0 spiro atoms. The van der Waals surface area contributed by atoms with Crippen LogP contribution < -0.4 is 10.2 Å². The molecule has 0 radical (unpaired) electrons. The van der Waals surface area contributed by atoms with E-state index in [0.717, 1.165) is 12.1 Å². The molecule has 1 aromatic rings. The maximum absolute atomic E-state index is 11.6. The summed E-state index contributed by atoms with van der Waals surface area (Å²) >= 11 is 0. The van der Waals surface area contributed by atoms with Gasteiger partial charge in [0.15, 0.2) is 9.84 Å². The minimum absolute atomic E-state index is 0.0534. The van der Waals surface area contributed by atoms with Crippen molar-refractivity contribution in [3.63, 3.8) is 0 Å². The van der Waals surface area contributed by atoms with Gasteiger partial charge in [-0.1, -0.05) is 0 Å². The second kappa shape index (κ2) is 6.27. The molecule has 1 aliphatic rings. The minimum atomic E-state index is -2.90. The van der Waals surface area contributed by atoms with Crippen LogP contribution in [-0.4, -0.2) is 48.5 Å². The van der Waals surface area contributed by atoms with Crippen LogP contribution in [0.3, 0.4) is 0 Å². The predicted octanol–water partition coefficient (Wildman–Crippen LogP) is 0.990. The molecule has 1 aromatic heterocycles. The first-order valence-electron chi connectivity index (χ1n) is 7.26. The van der Waals surface area contributed by atoms with Crippen molar-refractivity contribution in [2.45, 2.75) is 39.3 Å². The highest BCUT2D eigenvalue weighted by Crippen LogP contribution is 2.12. The Morgan fingerprint density at radius 2 is 1.86 bits per heavy atom. The monoisotopic (exact) mass is 312 g/mol. The van der Waals surface area contributed by atoms with Gasteiger partial charge in [0.25, 0.3) is 0 Å². The van der Waals surface area contributed by atoms with Gasteiger partial charge in [0.05, 0.1) is 11.5 Å². The van der Waals surface area contributed by atoms with E-state index in [2.05, 4.69) is 36.1 Å². The summed E-state index contributed by atoms with van der Waals surface area (Å²) in [4.78, 5) is 10.7. The Morgan fingerprint density at radius 1 is 1.19 bits per heavy atom. The van der Waals surface area contributed by atoms with Gasteiger partial charge in [0.1, 0.15) is 0 Å². The highest BCUT2D eigenvalue weighted by atomic mass is 32.2. The van der Waals surface area contributed by atoms with Gasteiger partial charge in [-0.3, -0.25) is 0 Å². The zero-order valence-electron chi connectivity index (χ0n) is 13.0. The molecule has 7 heteroatoms. The molecule has 2 heterocycles. The van der Waals surface area contributed by atoms with Crippen molar-refractivity contribution in [1.82, 2.24) is 15.3 Å². The number of anilines is 1. The van der Waals surface area contributed by atoms with E-state index in [0.29, 0.717) is 25.5 Å². The SMILES string of the molecule is CC(C)(C)NCc1cnc(N2CCCS(=O)(=O)CC2)nc1. The number of hydrogen-bond donors (Lipinski definition) is 1. The fraction of sp³-hybridized carbons (Fsp3) is 0.714. The van der Waals surface area contributed by atoms with Crippen LogP contribution in [0.15, 0.2) is 12.4 Å². The summed E-state index contributed by atoms with van der Waals surface area (Å²) in [5.41, 5.74) is 1.08. The van der Waals surface area contributed by atoms with Gasteiger partial charge < -0.3 is 10.2 Å². The van der Waals surface area contributed by atoms with Crippen LogP contribution in [-0.2, 0) is 16.4 Å². The summed E-state index contributed by atoms with van der Waals surface area (Å²) in [6, 6.07) is 0. The van der Waals surface area contributed by atoms with Gasteiger partial charge >= 0.3 is 0 Å². The summed E-state index contributed by atoms with van der Waals surface area (Å²) in [6.07, 6.45) is 4.25. The summed E-state index contributed by atoms with van der Waals surface area (Å²) in [7, 11) is -2.90. The third-order valence-corrected chi connectivity index (χ3v) is 5.07. The Bertz CT molecular complexity index is 564. The molecule has 0 aromatic carbocycles. The number of rotatable bonds is 3. The number of nitrogens with zero attached hydrogens (tertiary/aromatic N) is 3. The third kappa shape index (κ3) is 5.24. The van der Waals surface area contributed by atoms with Crippen LogP contribution in [0, 0.1) is 0 Å². The zero-order valence-corrected chi connectivity index (χ0v) is 13.8. The van der Waals surface area contributed by atoms with Crippen molar-refractivity contribution in [1.29, 1.82) is 0 Å². The van der Waals surface area contributed by atoms with Crippen LogP contribution >= 0.6 is 0 Å². The van der Waals surface area contributed by atoms with E-state index < -0.39 is 9.84 Å². The van der Waals surface area contributed by atoms with Gasteiger partial charge in [-0.25, -0.2) is 18.4 Å². The molecule has 0 unspecified atom stereocenters. The average molecular weight is 312 g/mol. The van der Waals surface area contributed by atoms with Crippen molar-refractivity contribution in [3.8, 4) is 0 Å². The Morgan fingerprint density at radius 3 is 2.48 bits per heavy atom. The largest absolute Gasteiger partial charge is 0.340 e. The molecular formula is C14H24N4O2S. The molecule has 0 saturated carbocycles. The lowest BCUT2D eigenvalue weighted by Gasteiger charge is -2.21. The van der Waals surface area contributed by atoms with Gasteiger partial charge in [-0.2, -0.15) is 0 Å². The fourth-order valence-corrected chi connectivity index (χ4v) is 3.38. The first-order chi connectivity index (χ1) is 9.75. The summed E-state index contributed by atoms with van der Waals surface area (Å²) in [5, 5.41) is 3.39. The Kier molecular flexibility index (Phi) is 4.83. The molecule has 1 aliphatic heterocycles. The highest BCUT2D eigenvalue weighted by Gasteiger charge is 2.20. The van der Waals surface area contributed by atoms with Crippen LogP contribution in [0.2, 0.25) is 0 Å². The first kappa shape index (κ1) is 16.2. The summed E-state index contributed by atoms with van der Waals surface area (Å²) < 4.78 is 23.2. The lowest BCUT2D eigenvalue weighted by Crippen LogP contribution is -2.35. The molecule has 0 aliphatic carbocycles. The molecule has 118 valence electrons. The second-order valence-corrected chi connectivity index (χ2v) is 8.79. The van der Waals surface area contributed by atoms with E-state index in [9.17, 15) is 8.42 Å². The van der Waals surface area contributed by atoms with E-state index in [4.69, 9.17) is 0 Å².